The number of amides is 2. The number of hydrogen-bond donors (Lipinski definition) is 1. The third-order valence-corrected chi connectivity index (χ3v) is 4.38. The van der Waals surface area contributed by atoms with Crippen LogP contribution in [-0.4, -0.2) is 47.6 Å². The van der Waals surface area contributed by atoms with E-state index in [2.05, 4.69) is 10.5 Å². The van der Waals surface area contributed by atoms with Crippen LogP contribution >= 0.6 is 0 Å². The van der Waals surface area contributed by atoms with Gasteiger partial charge in [-0.25, -0.2) is 0 Å². The maximum absolute atomic E-state index is 12.2. The minimum absolute atomic E-state index is 0.0159. The van der Waals surface area contributed by atoms with E-state index >= 15 is 0 Å². The normalized spacial score (nSPS) is 15.0. The highest BCUT2D eigenvalue weighted by atomic mass is 16.5. The third-order valence-electron chi connectivity index (χ3n) is 4.38. The molecular formula is C19H23N3O4. The molecule has 3 rings (SSSR count). The number of piperidine rings is 1. The quantitative estimate of drug-likeness (QED) is 0.854. The Morgan fingerprint density at radius 3 is 2.65 bits per heavy atom. The summed E-state index contributed by atoms with van der Waals surface area (Å²) in [5.74, 6) is 0.349. The molecule has 1 aliphatic heterocycles. The fraction of sp³-hybridized carbons (Fsp3) is 0.421. The Labute approximate surface area is 152 Å². The lowest BCUT2D eigenvalue weighted by atomic mass is 10.0. The van der Waals surface area contributed by atoms with Crippen molar-refractivity contribution in [2.75, 3.05) is 19.7 Å². The molecule has 0 aliphatic carbocycles. The molecule has 0 radical (unpaired) electrons. The first-order valence-electron chi connectivity index (χ1n) is 8.75. The number of aromatic nitrogens is 1. The molecule has 1 aromatic carbocycles. The van der Waals surface area contributed by atoms with Crippen LogP contribution < -0.4 is 5.32 Å². The lowest BCUT2D eigenvalue weighted by Gasteiger charge is -2.32. The zero-order chi connectivity index (χ0) is 18.4. The van der Waals surface area contributed by atoms with Gasteiger partial charge in [-0.1, -0.05) is 35.5 Å². The van der Waals surface area contributed by atoms with Crippen molar-refractivity contribution in [3.63, 3.8) is 0 Å². The Morgan fingerprint density at radius 1 is 1.27 bits per heavy atom. The molecule has 0 bridgehead atoms. The predicted molar refractivity (Wildman–Crippen MR) is 94.4 cm³/mol. The van der Waals surface area contributed by atoms with Crippen molar-refractivity contribution in [1.82, 2.24) is 15.4 Å². The van der Waals surface area contributed by atoms with E-state index in [1.165, 1.54) is 0 Å². The van der Waals surface area contributed by atoms with Gasteiger partial charge in [-0.3, -0.25) is 9.59 Å². The molecule has 1 N–H and O–H groups in total. The highest BCUT2D eigenvalue weighted by molar-refractivity contribution is 5.92. The van der Waals surface area contributed by atoms with Gasteiger partial charge in [-0.2, -0.15) is 0 Å². The van der Waals surface area contributed by atoms with Gasteiger partial charge >= 0.3 is 0 Å². The second-order valence-electron chi connectivity index (χ2n) is 6.43. The summed E-state index contributed by atoms with van der Waals surface area (Å²) < 4.78 is 10.4. The molecular weight excluding hydrogens is 334 g/mol. The smallest absolute Gasteiger partial charge is 0.273 e. The molecule has 0 atom stereocenters. The largest absolute Gasteiger partial charge is 0.367 e. The van der Waals surface area contributed by atoms with Crippen molar-refractivity contribution in [3.05, 3.63) is 53.4 Å². The zero-order valence-corrected chi connectivity index (χ0v) is 14.8. The number of nitrogens with one attached hydrogen (secondary N) is 1. The Balaban J connectivity index is 1.37. The van der Waals surface area contributed by atoms with Gasteiger partial charge in [-0.15, -0.1) is 0 Å². The fourth-order valence-corrected chi connectivity index (χ4v) is 2.93. The van der Waals surface area contributed by atoms with Crippen molar-refractivity contribution in [1.29, 1.82) is 0 Å². The second-order valence-corrected chi connectivity index (χ2v) is 6.43. The van der Waals surface area contributed by atoms with Crippen LogP contribution in [0.4, 0.5) is 0 Å². The van der Waals surface area contributed by atoms with Crippen LogP contribution in [0.2, 0.25) is 0 Å². The topological polar surface area (TPSA) is 84.7 Å². The monoisotopic (exact) mass is 357 g/mol. The van der Waals surface area contributed by atoms with Crippen molar-refractivity contribution >= 4 is 11.8 Å². The number of hydrogen-bond acceptors (Lipinski definition) is 5. The molecule has 1 aliphatic rings. The van der Waals surface area contributed by atoms with Gasteiger partial charge in [0.25, 0.3) is 5.91 Å². The number of nitrogens with zero attached hydrogens (tertiary/aromatic N) is 2. The van der Waals surface area contributed by atoms with Crippen LogP contribution in [0.15, 0.2) is 40.9 Å². The molecule has 2 heterocycles. The molecule has 1 saturated heterocycles. The average Bonchev–Trinajstić information content (AvgIpc) is 3.10. The molecule has 7 heteroatoms. The summed E-state index contributed by atoms with van der Waals surface area (Å²) in [7, 11) is 0. The zero-order valence-electron chi connectivity index (χ0n) is 14.8. The Hall–Kier alpha value is -2.67. The van der Waals surface area contributed by atoms with Crippen molar-refractivity contribution in [2.45, 2.75) is 32.4 Å². The summed E-state index contributed by atoms with van der Waals surface area (Å²) in [6, 6.07) is 11.4. The van der Waals surface area contributed by atoms with Gasteiger partial charge in [0.05, 0.1) is 6.61 Å². The standard InChI is InChI=1S/C19H23N3O4/c1-14-11-17(21-26-14)19(24)20-16-7-9-22(10-8-16)18(23)13-25-12-15-5-3-2-4-6-15/h2-6,11,16H,7-10,12-13H2,1H3,(H,20,24). The summed E-state index contributed by atoms with van der Waals surface area (Å²) in [6.07, 6.45) is 1.43. The molecule has 7 nitrogen and oxygen atoms in total. The summed E-state index contributed by atoms with van der Waals surface area (Å²) in [4.78, 5) is 26.1. The van der Waals surface area contributed by atoms with Gasteiger partial charge in [0.1, 0.15) is 12.4 Å². The molecule has 1 aromatic heterocycles. The highest BCUT2D eigenvalue weighted by Gasteiger charge is 2.24. The predicted octanol–water partition coefficient (Wildman–Crippen LogP) is 1.92. The lowest BCUT2D eigenvalue weighted by Crippen LogP contribution is -2.47. The lowest BCUT2D eigenvalue weighted by molar-refractivity contribution is -0.137. The van der Waals surface area contributed by atoms with Crippen molar-refractivity contribution < 1.29 is 18.8 Å². The SMILES string of the molecule is Cc1cc(C(=O)NC2CCN(C(=O)COCc3ccccc3)CC2)no1. The van der Waals surface area contributed by atoms with E-state index in [-0.39, 0.29) is 30.2 Å². The number of likely N-dealkylation sites (tertiary alicyclic amines) is 1. The number of benzene rings is 1. The van der Waals surface area contributed by atoms with Crippen LogP contribution in [0.5, 0.6) is 0 Å². The molecule has 138 valence electrons. The molecule has 2 amide bonds. The number of carbonyl (C=O) groups is 2. The van der Waals surface area contributed by atoms with E-state index in [9.17, 15) is 9.59 Å². The maximum Gasteiger partial charge on any atom is 0.273 e. The van der Waals surface area contributed by atoms with Crippen LogP contribution in [0.3, 0.4) is 0 Å². The highest BCUT2D eigenvalue weighted by Crippen LogP contribution is 2.12. The van der Waals surface area contributed by atoms with Crippen LogP contribution in [0.25, 0.3) is 0 Å². The Morgan fingerprint density at radius 2 is 2.00 bits per heavy atom. The minimum Gasteiger partial charge on any atom is -0.367 e. The summed E-state index contributed by atoms with van der Waals surface area (Å²) in [5.41, 5.74) is 1.33. The fourth-order valence-electron chi connectivity index (χ4n) is 2.93. The molecule has 0 saturated carbocycles. The van der Waals surface area contributed by atoms with Crippen LogP contribution in [0, 0.1) is 6.92 Å². The van der Waals surface area contributed by atoms with Gasteiger partial charge in [0, 0.05) is 25.2 Å². The molecule has 1 fully saturated rings. The first-order chi connectivity index (χ1) is 12.6. The van der Waals surface area contributed by atoms with Crippen LogP contribution in [0.1, 0.15) is 34.7 Å². The van der Waals surface area contributed by atoms with E-state index in [1.807, 2.05) is 30.3 Å². The van der Waals surface area contributed by atoms with Gasteiger partial charge in [0.2, 0.25) is 5.91 Å². The summed E-state index contributed by atoms with van der Waals surface area (Å²) >= 11 is 0. The average molecular weight is 357 g/mol. The maximum atomic E-state index is 12.2. The number of carbonyl (C=O) groups excluding carboxylic acids is 2. The van der Waals surface area contributed by atoms with Crippen LogP contribution in [-0.2, 0) is 16.1 Å². The Kier molecular flexibility index (Phi) is 6.01. The molecule has 26 heavy (non-hydrogen) atoms. The number of aryl methyl sites for hydroxylation is 1. The number of rotatable bonds is 6. The summed E-state index contributed by atoms with van der Waals surface area (Å²) in [5, 5.41) is 6.66. The van der Waals surface area contributed by atoms with Gasteiger partial charge in [-0.05, 0) is 25.3 Å². The molecule has 0 unspecified atom stereocenters. The molecule has 2 aromatic rings. The minimum atomic E-state index is -0.238. The van der Waals surface area contributed by atoms with E-state index in [0.29, 0.717) is 38.3 Å². The van der Waals surface area contributed by atoms with Crippen molar-refractivity contribution in [3.8, 4) is 0 Å². The van der Waals surface area contributed by atoms with Gasteiger partial charge < -0.3 is 19.5 Å². The number of ether oxygens (including phenoxy) is 1. The van der Waals surface area contributed by atoms with E-state index in [4.69, 9.17) is 9.26 Å². The Bertz CT molecular complexity index is 736. The first-order valence-corrected chi connectivity index (χ1v) is 8.75. The van der Waals surface area contributed by atoms with Gasteiger partial charge in [0.15, 0.2) is 5.69 Å². The first kappa shape index (κ1) is 18.1. The summed E-state index contributed by atoms with van der Waals surface area (Å²) in [6.45, 7) is 3.46. The second kappa shape index (κ2) is 8.62. The molecule has 0 spiro atoms. The third kappa shape index (κ3) is 4.92. The van der Waals surface area contributed by atoms with E-state index in [1.54, 1.807) is 17.9 Å². The van der Waals surface area contributed by atoms with E-state index in [0.717, 1.165) is 5.56 Å². The van der Waals surface area contributed by atoms with E-state index < -0.39 is 0 Å². The van der Waals surface area contributed by atoms with Crippen molar-refractivity contribution in [2.24, 2.45) is 0 Å².